The van der Waals surface area contributed by atoms with Gasteiger partial charge in [-0.2, -0.15) is 5.10 Å². The third-order valence-corrected chi connectivity index (χ3v) is 3.03. The zero-order valence-electron chi connectivity index (χ0n) is 11.8. The summed E-state index contributed by atoms with van der Waals surface area (Å²) in [6.07, 6.45) is 0.784. The Labute approximate surface area is 117 Å². The lowest BCUT2D eigenvalue weighted by molar-refractivity contribution is 0.101. The maximum absolute atomic E-state index is 12.2. The minimum absolute atomic E-state index is 0.239. The fourth-order valence-electron chi connectivity index (χ4n) is 1.88. The number of methoxy groups -OCH3 is 1. The number of hydrogen-bond acceptors (Lipinski definition) is 4. The molecule has 0 atom stereocenters. The molecule has 106 valence electrons. The number of aromatic nitrogens is 2. The number of nitrogen functional groups attached to an aromatic ring is 1. The van der Waals surface area contributed by atoms with E-state index in [2.05, 4.69) is 10.4 Å². The van der Waals surface area contributed by atoms with Crippen LogP contribution in [0.25, 0.3) is 0 Å². The monoisotopic (exact) mass is 274 g/mol. The quantitative estimate of drug-likeness (QED) is 0.833. The highest BCUT2D eigenvalue weighted by Gasteiger charge is 2.14. The molecular formula is C14H18N4O2. The molecule has 2 aromatic rings. The number of nitrogens with zero attached hydrogens (tertiary/aromatic N) is 2. The molecule has 0 aliphatic heterocycles. The molecule has 20 heavy (non-hydrogen) atoms. The minimum Gasteiger partial charge on any atom is -0.497 e. The van der Waals surface area contributed by atoms with E-state index in [9.17, 15) is 4.79 Å². The summed E-state index contributed by atoms with van der Waals surface area (Å²) in [5.41, 5.74) is 8.25. The van der Waals surface area contributed by atoms with Gasteiger partial charge in [-0.05, 0) is 24.6 Å². The zero-order chi connectivity index (χ0) is 14.7. The smallest absolute Gasteiger partial charge is 0.273 e. The maximum atomic E-state index is 12.2. The van der Waals surface area contributed by atoms with E-state index in [4.69, 9.17) is 10.5 Å². The van der Waals surface area contributed by atoms with Crippen molar-refractivity contribution in [2.24, 2.45) is 7.05 Å². The van der Waals surface area contributed by atoms with Crippen molar-refractivity contribution in [3.8, 4) is 5.75 Å². The molecule has 1 amide bonds. The molecule has 0 radical (unpaired) electrons. The zero-order valence-corrected chi connectivity index (χ0v) is 11.8. The molecule has 1 aromatic carbocycles. The Morgan fingerprint density at radius 3 is 2.75 bits per heavy atom. The predicted octanol–water partition coefficient (Wildman–Crippen LogP) is 1.83. The highest BCUT2D eigenvalue weighted by atomic mass is 16.5. The molecule has 0 unspecified atom stereocenters. The summed E-state index contributed by atoms with van der Waals surface area (Å²) < 4.78 is 6.63. The Morgan fingerprint density at radius 2 is 2.20 bits per heavy atom. The summed E-state index contributed by atoms with van der Waals surface area (Å²) in [7, 11) is 3.31. The maximum Gasteiger partial charge on any atom is 0.273 e. The van der Waals surface area contributed by atoms with Crippen LogP contribution in [0.2, 0.25) is 0 Å². The van der Waals surface area contributed by atoms with Crippen molar-refractivity contribution in [1.29, 1.82) is 0 Å². The standard InChI is InChI=1S/C14H18N4O2/c1-4-9-7-13(18(2)17-9)14(19)16-12-6-5-10(20-3)8-11(12)15/h5-8H,4,15H2,1-3H3,(H,16,19). The molecule has 0 aliphatic carbocycles. The third-order valence-electron chi connectivity index (χ3n) is 3.03. The van der Waals surface area contributed by atoms with Crippen LogP contribution in [-0.4, -0.2) is 22.8 Å². The van der Waals surface area contributed by atoms with Gasteiger partial charge in [0.1, 0.15) is 11.4 Å². The molecule has 0 fully saturated rings. The first-order valence-corrected chi connectivity index (χ1v) is 6.33. The lowest BCUT2D eigenvalue weighted by Crippen LogP contribution is -2.16. The molecule has 0 bridgehead atoms. The van der Waals surface area contributed by atoms with Crippen molar-refractivity contribution < 1.29 is 9.53 Å². The number of aryl methyl sites for hydroxylation is 2. The van der Waals surface area contributed by atoms with Gasteiger partial charge in [0.2, 0.25) is 0 Å². The first-order valence-electron chi connectivity index (χ1n) is 6.33. The summed E-state index contributed by atoms with van der Waals surface area (Å²) in [5, 5.41) is 7.02. The van der Waals surface area contributed by atoms with Crippen molar-refractivity contribution in [2.45, 2.75) is 13.3 Å². The minimum atomic E-state index is -0.239. The van der Waals surface area contributed by atoms with Gasteiger partial charge in [0.05, 0.1) is 24.2 Å². The van der Waals surface area contributed by atoms with Gasteiger partial charge in [-0.15, -0.1) is 0 Å². The molecule has 0 saturated carbocycles. The second kappa shape index (κ2) is 5.64. The molecular weight excluding hydrogens is 256 g/mol. The Hall–Kier alpha value is -2.50. The van der Waals surface area contributed by atoms with E-state index in [-0.39, 0.29) is 5.91 Å². The highest BCUT2D eigenvalue weighted by Crippen LogP contribution is 2.24. The van der Waals surface area contributed by atoms with E-state index < -0.39 is 0 Å². The lowest BCUT2D eigenvalue weighted by atomic mass is 10.2. The topological polar surface area (TPSA) is 82.2 Å². The SMILES string of the molecule is CCc1cc(C(=O)Nc2ccc(OC)cc2N)n(C)n1. The van der Waals surface area contributed by atoms with Crippen molar-refractivity contribution in [1.82, 2.24) is 9.78 Å². The number of amides is 1. The van der Waals surface area contributed by atoms with Crippen molar-refractivity contribution in [2.75, 3.05) is 18.2 Å². The molecule has 6 nitrogen and oxygen atoms in total. The average Bonchev–Trinajstić information content (AvgIpc) is 2.82. The van der Waals surface area contributed by atoms with Crippen LogP contribution in [-0.2, 0) is 13.5 Å². The van der Waals surface area contributed by atoms with Crippen molar-refractivity contribution in [3.05, 3.63) is 35.7 Å². The second-order valence-electron chi connectivity index (χ2n) is 4.41. The molecule has 2 rings (SSSR count). The molecule has 0 saturated heterocycles. The highest BCUT2D eigenvalue weighted by molar-refractivity contribution is 6.04. The van der Waals surface area contributed by atoms with Gasteiger partial charge < -0.3 is 15.8 Å². The molecule has 0 aliphatic rings. The number of carbonyl (C=O) groups is 1. The summed E-state index contributed by atoms with van der Waals surface area (Å²) in [4.78, 5) is 12.2. The van der Waals surface area contributed by atoms with Crippen molar-refractivity contribution >= 4 is 17.3 Å². The Morgan fingerprint density at radius 1 is 1.45 bits per heavy atom. The second-order valence-corrected chi connectivity index (χ2v) is 4.41. The summed E-state index contributed by atoms with van der Waals surface area (Å²) >= 11 is 0. The van der Waals surface area contributed by atoms with Crippen LogP contribution in [0.15, 0.2) is 24.3 Å². The van der Waals surface area contributed by atoms with Gasteiger partial charge in [0.25, 0.3) is 5.91 Å². The number of nitrogens with two attached hydrogens (primary N) is 1. The van der Waals surface area contributed by atoms with Crippen LogP contribution in [0, 0.1) is 0 Å². The van der Waals surface area contributed by atoms with Gasteiger partial charge in [0.15, 0.2) is 0 Å². The predicted molar refractivity (Wildman–Crippen MR) is 77.9 cm³/mol. The van der Waals surface area contributed by atoms with Crippen LogP contribution < -0.4 is 15.8 Å². The lowest BCUT2D eigenvalue weighted by Gasteiger charge is -2.09. The van der Waals surface area contributed by atoms with Crippen LogP contribution in [0.5, 0.6) is 5.75 Å². The Kier molecular flexibility index (Phi) is 3.93. The summed E-state index contributed by atoms with van der Waals surface area (Å²) in [6, 6.07) is 6.89. The number of nitrogens with one attached hydrogen (secondary N) is 1. The average molecular weight is 274 g/mol. The molecule has 0 spiro atoms. The molecule has 1 aromatic heterocycles. The summed E-state index contributed by atoms with van der Waals surface area (Å²) in [5.74, 6) is 0.408. The number of carbonyl (C=O) groups excluding carboxylic acids is 1. The molecule has 6 heteroatoms. The fraction of sp³-hybridized carbons (Fsp3) is 0.286. The Balaban J connectivity index is 2.21. The van der Waals surface area contributed by atoms with Crippen LogP contribution in [0.4, 0.5) is 11.4 Å². The van der Waals surface area contributed by atoms with E-state index >= 15 is 0 Å². The molecule has 1 heterocycles. The molecule has 3 N–H and O–H groups in total. The first kappa shape index (κ1) is 13.9. The van der Waals surface area contributed by atoms with Crippen LogP contribution in [0.1, 0.15) is 23.1 Å². The van der Waals surface area contributed by atoms with Gasteiger partial charge in [-0.25, -0.2) is 0 Å². The van der Waals surface area contributed by atoms with E-state index in [1.54, 1.807) is 43.1 Å². The van der Waals surface area contributed by atoms with E-state index in [0.29, 0.717) is 22.8 Å². The van der Waals surface area contributed by atoms with Crippen LogP contribution >= 0.6 is 0 Å². The summed E-state index contributed by atoms with van der Waals surface area (Å²) in [6.45, 7) is 1.99. The van der Waals surface area contributed by atoms with Crippen molar-refractivity contribution in [3.63, 3.8) is 0 Å². The van der Waals surface area contributed by atoms with E-state index in [0.717, 1.165) is 12.1 Å². The number of benzene rings is 1. The van der Waals surface area contributed by atoms with Crippen LogP contribution in [0.3, 0.4) is 0 Å². The van der Waals surface area contributed by atoms with Gasteiger partial charge in [-0.3, -0.25) is 9.48 Å². The fourth-order valence-corrected chi connectivity index (χ4v) is 1.88. The third kappa shape index (κ3) is 2.74. The number of anilines is 2. The van der Waals surface area contributed by atoms with Gasteiger partial charge in [-0.1, -0.05) is 6.92 Å². The van der Waals surface area contributed by atoms with E-state index in [1.165, 1.54) is 0 Å². The number of ether oxygens (including phenoxy) is 1. The Bertz CT molecular complexity index is 634. The number of hydrogen-bond donors (Lipinski definition) is 2. The largest absolute Gasteiger partial charge is 0.497 e. The van der Waals surface area contributed by atoms with E-state index in [1.807, 2.05) is 6.92 Å². The number of rotatable bonds is 4. The van der Waals surface area contributed by atoms with Gasteiger partial charge >= 0.3 is 0 Å². The van der Waals surface area contributed by atoms with Gasteiger partial charge in [0, 0.05) is 13.1 Å². The normalized spacial score (nSPS) is 10.3. The first-order chi connectivity index (χ1) is 9.55.